The minimum Gasteiger partial charge on any atom is -0.356 e. The van der Waals surface area contributed by atoms with Crippen molar-refractivity contribution < 1.29 is 14.4 Å². The highest BCUT2D eigenvalue weighted by Gasteiger charge is 2.28. The molecule has 0 heterocycles. The topological polar surface area (TPSA) is 105 Å². The van der Waals surface area contributed by atoms with E-state index in [-0.39, 0.29) is 30.2 Å². The number of amides is 3. The van der Waals surface area contributed by atoms with Crippen LogP contribution in [0.4, 0.5) is 0 Å². The zero-order chi connectivity index (χ0) is 20.1. The first kappa shape index (κ1) is 24.4. The molecule has 0 aliphatic heterocycles. The summed E-state index contributed by atoms with van der Waals surface area (Å²) in [5.41, 5.74) is 2.03. The van der Waals surface area contributed by atoms with E-state index in [0.717, 1.165) is 32.1 Å². The second kappa shape index (κ2) is 13.6. The van der Waals surface area contributed by atoms with Gasteiger partial charge in [0.2, 0.25) is 17.7 Å². The predicted molar refractivity (Wildman–Crippen MR) is 104 cm³/mol. The first-order chi connectivity index (χ1) is 12.3. The highest BCUT2D eigenvalue weighted by atomic mass is 16.2. The second-order valence-electron chi connectivity index (χ2n) is 7.07. The lowest BCUT2D eigenvalue weighted by molar-refractivity contribution is -0.131. The van der Waals surface area contributed by atoms with Gasteiger partial charge in [-0.05, 0) is 24.7 Å². The molecule has 3 amide bonds. The van der Waals surface area contributed by atoms with E-state index >= 15 is 0 Å². The minimum atomic E-state index is -0.286. The molecule has 1 unspecified atom stereocenters. The summed E-state index contributed by atoms with van der Waals surface area (Å²) in [4.78, 5) is 36.3. The number of hydrazine groups is 1. The largest absolute Gasteiger partial charge is 0.356 e. The minimum absolute atomic E-state index is 0.0303. The molecule has 0 fully saturated rings. The van der Waals surface area contributed by atoms with Gasteiger partial charge in [-0.15, -0.1) is 0 Å². The normalized spacial score (nSPS) is 14.2. The van der Waals surface area contributed by atoms with Crippen LogP contribution in [-0.4, -0.2) is 42.3 Å². The molecule has 0 saturated carbocycles. The molecule has 0 radical (unpaired) electrons. The standard InChI is InChI=1S/C19H38N4O3/c1-6-16(17(7-2)23(5)15(4)24)14(3)10-8-9-11-18(25)21-13-12-19(26)22-20/h14,16-17H,6-13,20H2,1-5H3,(H,21,25)(H,22,26)/t14?,16-,17+/m1/s1. The zero-order valence-corrected chi connectivity index (χ0v) is 17.1. The number of carbonyl (C=O) groups is 3. The molecule has 0 rings (SSSR count). The third-order valence-electron chi connectivity index (χ3n) is 5.26. The Morgan fingerprint density at radius 3 is 2.19 bits per heavy atom. The summed E-state index contributed by atoms with van der Waals surface area (Å²) >= 11 is 0. The van der Waals surface area contributed by atoms with Crippen LogP contribution in [0.15, 0.2) is 0 Å². The Kier molecular flexibility index (Phi) is 12.7. The molecule has 0 spiro atoms. The van der Waals surface area contributed by atoms with Crippen molar-refractivity contribution in [3.8, 4) is 0 Å². The van der Waals surface area contributed by atoms with E-state index < -0.39 is 0 Å². The Morgan fingerprint density at radius 2 is 1.69 bits per heavy atom. The highest BCUT2D eigenvalue weighted by molar-refractivity contribution is 5.78. The van der Waals surface area contributed by atoms with E-state index in [0.29, 0.717) is 24.8 Å². The maximum absolute atomic E-state index is 11.7. The molecule has 26 heavy (non-hydrogen) atoms. The molecule has 0 aliphatic carbocycles. The van der Waals surface area contributed by atoms with Crippen LogP contribution in [0.25, 0.3) is 0 Å². The van der Waals surface area contributed by atoms with Gasteiger partial charge in [-0.2, -0.15) is 0 Å². The molecular formula is C19H38N4O3. The fraction of sp³-hybridized carbons (Fsp3) is 0.842. The van der Waals surface area contributed by atoms with Crippen LogP contribution in [0, 0.1) is 11.8 Å². The number of hydrogen-bond acceptors (Lipinski definition) is 4. The molecule has 152 valence electrons. The molecule has 7 heteroatoms. The van der Waals surface area contributed by atoms with Gasteiger partial charge in [-0.25, -0.2) is 5.84 Å². The Balaban J connectivity index is 4.21. The monoisotopic (exact) mass is 370 g/mol. The van der Waals surface area contributed by atoms with E-state index in [4.69, 9.17) is 5.84 Å². The van der Waals surface area contributed by atoms with E-state index in [1.54, 1.807) is 6.92 Å². The molecule has 0 bridgehead atoms. The van der Waals surface area contributed by atoms with Crippen LogP contribution in [0.2, 0.25) is 0 Å². The molecule has 3 atom stereocenters. The zero-order valence-electron chi connectivity index (χ0n) is 17.1. The van der Waals surface area contributed by atoms with E-state index in [2.05, 4.69) is 26.1 Å². The molecule has 0 aromatic rings. The first-order valence-corrected chi connectivity index (χ1v) is 9.77. The van der Waals surface area contributed by atoms with Gasteiger partial charge in [0.1, 0.15) is 0 Å². The fourth-order valence-corrected chi connectivity index (χ4v) is 3.59. The maximum atomic E-state index is 11.7. The number of nitrogens with zero attached hydrogens (tertiary/aromatic N) is 1. The van der Waals surface area contributed by atoms with Crippen LogP contribution in [0.5, 0.6) is 0 Å². The van der Waals surface area contributed by atoms with E-state index in [1.165, 1.54) is 0 Å². The first-order valence-electron chi connectivity index (χ1n) is 9.77. The average molecular weight is 371 g/mol. The Labute approximate surface area is 158 Å². The Bertz CT molecular complexity index is 443. The lowest BCUT2D eigenvalue weighted by Crippen LogP contribution is -2.42. The quantitative estimate of drug-likeness (QED) is 0.199. The second-order valence-corrected chi connectivity index (χ2v) is 7.07. The van der Waals surface area contributed by atoms with Crippen LogP contribution >= 0.6 is 0 Å². The number of nitrogens with one attached hydrogen (secondary N) is 2. The summed E-state index contributed by atoms with van der Waals surface area (Å²) < 4.78 is 0. The van der Waals surface area contributed by atoms with Crippen molar-refractivity contribution in [3.63, 3.8) is 0 Å². The number of unbranched alkanes of at least 4 members (excludes halogenated alkanes) is 1. The van der Waals surface area contributed by atoms with Gasteiger partial charge in [0.25, 0.3) is 0 Å². The van der Waals surface area contributed by atoms with Crippen LogP contribution in [0.3, 0.4) is 0 Å². The summed E-state index contributed by atoms with van der Waals surface area (Å²) in [6.07, 6.45) is 5.52. The summed E-state index contributed by atoms with van der Waals surface area (Å²) in [6.45, 7) is 8.50. The summed E-state index contributed by atoms with van der Waals surface area (Å²) in [7, 11) is 1.89. The average Bonchev–Trinajstić information content (AvgIpc) is 2.61. The smallest absolute Gasteiger partial charge is 0.235 e. The molecule has 0 aromatic heterocycles. The van der Waals surface area contributed by atoms with Crippen molar-refractivity contribution in [1.82, 2.24) is 15.6 Å². The summed E-state index contributed by atoms with van der Waals surface area (Å²) in [6, 6.07) is 0.268. The van der Waals surface area contributed by atoms with Crippen molar-refractivity contribution in [2.45, 2.75) is 78.7 Å². The predicted octanol–water partition coefficient (Wildman–Crippen LogP) is 1.96. The third-order valence-corrected chi connectivity index (χ3v) is 5.26. The Hall–Kier alpha value is -1.63. The van der Waals surface area contributed by atoms with Crippen molar-refractivity contribution in [3.05, 3.63) is 0 Å². The Morgan fingerprint density at radius 1 is 1.04 bits per heavy atom. The van der Waals surface area contributed by atoms with Gasteiger partial charge in [0.15, 0.2) is 0 Å². The van der Waals surface area contributed by atoms with Gasteiger partial charge in [-0.3, -0.25) is 19.8 Å². The third kappa shape index (κ3) is 9.17. The van der Waals surface area contributed by atoms with E-state index in [9.17, 15) is 14.4 Å². The van der Waals surface area contributed by atoms with Crippen molar-refractivity contribution in [2.75, 3.05) is 13.6 Å². The lowest BCUT2D eigenvalue weighted by Gasteiger charge is -2.36. The van der Waals surface area contributed by atoms with Crippen LogP contribution in [-0.2, 0) is 14.4 Å². The molecular weight excluding hydrogens is 332 g/mol. The molecule has 7 nitrogen and oxygen atoms in total. The number of carbonyl (C=O) groups excluding carboxylic acids is 3. The molecule has 0 aromatic carbocycles. The van der Waals surface area contributed by atoms with Crippen LogP contribution < -0.4 is 16.6 Å². The van der Waals surface area contributed by atoms with Gasteiger partial charge in [-0.1, -0.05) is 40.0 Å². The van der Waals surface area contributed by atoms with Gasteiger partial charge in [0, 0.05) is 39.4 Å². The van der Waals surface area contributed by atoms with Gasteiger partial charge >= 0.3 is 0 Å². The summed E-state index contributed by atoms with van der Waals surface area (Å²) in [5.74, 6) is 5.75. The van der Waals surface area contributed by atoms with E-state index in [1.807, 2.05) is 17.4 Å². The SMILES string of the molecule is CC[C@H](C(C)CCCCC(=O)NCCC(=O)NN)[C@H](CC)N(C)C(C)=O. The number of rotatable bonds is 13. The lowest BCUT2D eigenvalue weighted by atomic mass is 9.80. The van der Waals surface area contributed by atoms with Gasteiger partial charge < -0.3 is 10.2 Å². The van der Waals surface area contributed by atoms with Gasteiger partial charge in [0.05, 0.1) is 0 Å². The highest BCUT2D eigenvalue weighted by Crippen LogP contribution is 2.29. The molecule has 4 N–H and O–H groups in total. The van der Waals surface area contributed by atoms with Crippen molar-refractivity contribution >= 4 is 17.7 Å². The van der Waals surface area contributed by atoms with Crippen molar-refractivity contribution in [2.24, 2.45) is 17.7 Å². The molecule has 0 saturated heterocycles. The van der Waals surface area contributed by atoms with Crippen molar-refractivity contribution in [1.29, 1.82) is 0 Å². The summed E-state index contributed by atoms with van der Waals surface area (Å²) in [5, 5.41) is 2.73. The number of nitrogens with two attached hydrogens (primary N) is 1. The molecule has 0 aliphatic rings. The fourth-order valence-electron chi connectivity index (χ4n) is 3.59. The van der Waals surface area contributed by atoms with Crippen LogP contribution in [0.1, 0.15) is 72.6 Å². The maximum Gasteiger partial charge on any atom is 0.235 e. The number of hydrogen-bond donors (Lipinski definition) is 3.